The molecule has 0 aliphatic carbocycles. The summed E-state index contributed by atoms with van der Waals surface area (Å²) in [6, 6.07) is 3.00. The number of halogens is 1. The van der Waals surface area contributed by atoms with E-state index in [4.69, 9.17) is 17.3 Å². The van der Waals surface area contributed by atoms with Gasteiger partial charge in [-0.15, -0.1) is 0 Å². The Bertz CT molecular complexity index is 479. The molecule has 0 amide bonds. The summed E-state index contributed by atoms with van der Waals surface area (Å²) in [7, 11) is 0. The summed E-state index contributed by atoms with van der Waals surface area (Å²) in [5.41, 5.74) is 6.56. The molecule has 104 valence electrons. The molecule has 1 aromatic rings. The molecule has 1 unspecified atom stereocenters. The smallest absolute Gasteiger partial charge is 0.337 e. The number of thioether (sulfide) groups is 2. The van der Waals surface area contributed by atoms with Crippen LogP contribution in [0, 0.1) is 0 Å². The number of hydrogen-bond acceptors (Lipinski definition) is 5. The Kier molecular flexibility index (Phi) is 5.13. The predicted molar refractivity (Wildman–Crippen MR) is 84.9 cm³/mol. The van der Waals surface area contributed by atoms with Gasteiger partial charge < -0.3 is 16.2 Å². The van der Waals surface area contributed by atoms with Gasteiger partial charge in [-0.3, -0.25) is 0 Å². The van der Waals surface area contributed by atoms with Gasteiger partial charge in [0.2, 0.25) is 0 Å². The van der Waals surface area contributed by atoms with Crippen molar-refractivity contribution in [1.29, 1.82) is 0 Å². The van der Waals surface area contributed by atoms with Crippen molar-refractivity contribution in [1.82, 2.24) is 0 Å². The fourth-order valence-corrected chi connectivity index (χ4v) is 4.75. The number of carbonyl (C=O) groups is 1. The Hall–Kier alpha value is -0.720. The number of benzene rings is 1. The van der Waals surface area contributed by atoms with E-state index in [2.05, 4.69) is 5.32 Å². The highest BCUT2D eigenvalue weighted by Crippen LogP contribution is 2.31. The van der Waals surface area contributed by atoms with Crippen LogP contribution in [-0.4, -0.2) is 40.1 Å². The molecule has 0 bridgehead atoms. The average molecular weight is 319 g/mol. The Morgan fingerprint density at radius 3 is 2.95 bits per heavy atom. The van der Waals surface area contributed by atoms with Crippen LogP contribution in [0.4, 0.5) is 11.4 Å². The van der Waals surface area contributed by atoms with Gasteiger partial charge in [0, 0.05) is 34.7 Å². The van der Waals surface area contributed by atoms with E-state index in [0.29, 0.717) is 28.2 Å². The van der Waals surface area contributed by atoms with Crippen molar-refractivity contribution in [2.24, 2.45) is 0 Å². The Labute approximate surface area is 125 Å². The summed E-state index contributed by atoms with van der Waals surface area (Å²) in [6.45, 7) is 0.710. The van der Waals surface area contributed by atoms with Crippen molar-refractivity contribution < 1.29 is 9.90 Å². The quantitative estimate of drug-likeness (QED) is 0.741. The normalized spacial score (nSPS) is 19.1. The number of carboxylic acid groups (broad SMARTS) is 1. The fraction of sp³-hybridized carbons (Fsp3) is 0.417. The highest BCUT2D eigenvalue weighted by atomic mass is 35.5. The summed E-state index contributed by atoms with van der Waals surface area (Å²) >= 11 is 9.91. The zero-order chi connectivity index (χ0) is 13.8. The molecule has 1 saturated heterocycles. The molecule has 0 spiro atoms. The Morgan fingerprint density at radius 2 is 2.32 bits per heavy atom. The van der Waals surface area contributed by atoms with Crippen LogP contribution < -0.4 is 11.1 Å². The largest absolute Gasteiger partial charge is 0.478 e. The predicted octanol–water partition coefficient (Wildman–Crippen LogP) is 2.88. The molecule has 1 aromatic carbocycles. The maximum atomic E-state index is 11.2. The van der Waals surface area contributed by atoms with E-state index in [1.54, 1.807) is 6.07 Å². The molecule has 4 N–H and O–H groups in total. The van der Waals surface area contributed by atoms with Crippen molar-refractivity contribution in [2.75, 3.05) is 34.9 Å². The van der Waals surface area contributed by atoms with E-state index in [1.165, 1.54) is 11.8 Å². The first-order valence-electron chi connectivity index (χ1n) is 5.83. The van der Waals surface area contributed by atoms with Gasteiger partial charge in [-0.05, 0) is 12.1 Å². The summed E-state index contributed by atoms with van der Waals surface area (Å²) in [4.78, 5) is 11.2. The second-order valence-electron chi connectivity index (χ2n) is 4.18. The summed E-state index contributed by atoms with van der Waals surface area (Å²) in [5, 5.41) is 13.2. The van der Waals surface area contributed by atoms with Crippen LogP contribution in [0.1, 0.15) is 10.4 Å². The Morgan fingerprint density at radius 1 is 1.53 bits per heavy atom. The number of carboxylic acids is 1. The van der Waals surface area contributed by atoms with Crippen molar-refractivity contribution in [3.05, 3.63) is 22.7 Å². The molecular formula is C12H15ClN2O2S2. The Balaban J connectivity index is 2.12. The van der Waals surface area contributed by atoms with E-state index in [0.717, 1.165) is 11.5 Å². The topological polar surface area (TPSA) is 75.3 Å². The number of nitrogens with one attached hydrogen (secondary N) is 1. The van der Waals surface area contributed by atoms with Crippen molar-refractivity contribution in [3.8, 4) is 0 Å². The summed E-state index contributed by atoms with van der Waals surface area (Å²) in [5.74, 6) is 2.37. The highest BCUT2D eigenvalue weighted by molar-refractivity contribution is 8.06. The van der Waals surface area contributed by atoms with E-state index >= 15 is 0 Å². The number of rotatable bonds is 4. The highest BCUT2D eigenvalue weighted by Gasteiger charge is 2.18. The van der Waals surface area contributed by atoms with Crippen LogP contribution in [0.3, 0.4) is 0 Å². The van der Waals surface area contributed by atoms with Gasteiger partial charge in [-0.1, -0.05) is 11.6 Å². The average Bonchev–Trinajstić information content (AvgIpc) is 2.38. The van der Waals surface area contributed by atoms with Crippen LogP contribution in [0.25, 0.3) is 0 Å². The number of anilines is 2. The number of nitrogen functional groups attached to an aromatic ring is 1. The third kappa shape index (κ3) is 3.87. The maximum Gasteiger partial charge on any atom is 0.337 e. The van der Waals surface area contributed by atoms with Crippen molar-refractivity contribution in [3.63, 3.8) is 0 Å². The molecule has 1 heterocycles. The maximum absolute atomic E-state index is 11.2. The van der Waals surface area contributed by atoms with Crippen LogP contribution in [0.2, 0.25) is 5.02 Å². The molecule has 1 fully saturated rings. The molecule has 2 rings (SSSR count). The molecule has 0 aromatic heterocycles. The van der Waals surface area contributed by atoms with E-state index < -0.39 is 5.97 Å². The van der Waals surface area contributed by atoms with E-state index in [1.807, 2.05) is 23.5 Å². The monoisotopic (exact) mass is 318 g/mol. The zero-order valence-corrected chi connectivity index (χ0v) is 12.6. The van der Waals surface area contributed by atoms with Gasteiger partial charge in [0.25, 0.3) is 0 Å². The first kappa shape index (κ1) is 14.7. The van der Waals surface area contributed by atoms with E-state index in [-0.39, 0.29) is 5.56 Å². The standard InChI is InChI=1S/C12H15ClN2O2S2/c13-10-4-7(14)3-9(12(16)17)11(10)15-5-8-6-18-1-2-19-8/h3-4,8,15H,1-2,5-6,14H2,(H,16,17). The summed E-state index contributed by atoms with van der Waals surface area (Å²) in [6.07, 6.45) is 0. The van der Waals surface area contributed by atoms with Crippen molar-refractivity contribution >= 4 is 52.5 Å². The molecule has 1 aliphatic rings. The second-order valence-corrected chi connectivity index (χ2v) is 7.14. The zero-order valence-electron chi connectivity index (χ0n) is 10.2. The van der Waals surface area contributed by atoms with Crippen LogP contribution in [-0.2, 0) is 0 Å². The number of nitrogens with two attached hydrogens (primary N) is 1. The van der Waals surface area contributed by atoms with Gasteiger partial charge in [0.15, 0.2) is 0 Å². The first-order chi connectivity index (χ1) is 9.08. The minimum absolute atomic E-state index is 0.124. The van der Waals surface area contributed by atoms with E-state index in [9.17, 15) is 9.90 Å². The third-order valence-corrected chi connectivity index (χ3v) is 5.88. The van der Waals surface area contributed by atoms with Crippen LogP contribution in [0.15, 0.2) is 12.1 Å². The molecule has 1 aliphatic heterocycles. The van der Waals surface area contributed by atoms with Gasteiger partial charge >= 0.3 is 5.97 Å². The summed E-state index contributed by atoms with van der Waals surface area (Å²) < 4.78 is 0. The van der Waals surface area contributed by atoms with Gasteiger partial charge in [0.05, 0.1) is 16.3 Å². The lowest BCUT2D eigenvalue weighted by molar-refractivity contribution is 0.0698. The lowest BCUT2D eigenvalue weighted by atomic mass is 10.1. The first-order valence-corrected chi connectivity index (χ1v) is 8.41. The lowest BCUT2D eigenvalue weighted by Gasteiger charge is -2.22. The molecule has 4 nitrogen and oxygen atoms in total. The SMILES string of the molecule is Nc1cc(Cl)c(NCC2CSCCS2)c(C(=O)O)c1. The van der Waals surface area contributed by atoms with Crippen molar-refractivity contribution in [2.45, 2.75) is 5.25 Å². The molecule has 1 atom stereocenters. The second kappa shape index (κ2) is 6.63. The molecule has 19 heavy (non-hydrogen) atoms. The molecular weight excluding hydrogens is 304 g/mol. The fourth-order valence-electron chi connectivity index (χ4n) is 1.85. The molecule has 0 radical (unpaired) electrons. The minimum atomic E-state index is -1.03. The minimum Gasteiger partial charge on any atom is -0.478 e. The van der Waals surface area contributed by atoms with Crippen LogP contribution in [0.5, 0.6) is 0 Å². The number of aromatic carboxylic acids is 1. The lowest BCUT2D eigenvalue weighted by Crippen LogP contribution is -2.24. The molecule has 7 heteroatoms. The molecule has 0 saturated carbocycles. The van der Waals surface area contributed by atoms with Gasteiger partial charge in [-0.2, -0.15) is 23.5 Å². The van der Waals surface area contributed by atoms with Crippen LogP contribution >= 0.6 is 35.1 Å². The van der Waals surface area contributed by atoms with Gasteiger partial charge in [-0.25, -0.2) is 4.79 Å². The number of hydrogen-bond donors (Lipinski definition) is 3. The third-order valence-electron chi connectivity index (χ3n) is 2.73. The van der Waals surface area contributed by atoms with Gasteiger partial charge in [0.1, 0.15) is 0 Å².